The maximum atomic E-state index is 15.1. The molecule has 0 bridgehead atoms. The highest BCUT2D eigenvalue weighted by Crippen LogP contribution is 2.49. The van der Waals surface area contributed by atoms with Crippen LogP contribution in [0.5, 0.6) is 0 Å². The molecule has 2 aliphatic rings. The van der Waals surface area contributed by atoms with Crippen LogP contribution in [-0.4, -0.2) is 11.7 Å². The number of hydrogen-bond donors (Lipinski definition) is 1. The minimum Gasteiger partial charge on any atom is -0.357 e. The molecule has 162 valence electrons. The van der Waals surface area contributed by atoms with Crippen molar-refractivity contribution in [1.29, 1.82) is 0 Å². The van der Waals surface area contributed by atoms with Gasteiger partial charge in [0.1, 0.15) is 11.6 Å². The second-order valence-corrected chi connectivity index (χ2v) is 9.18. The second-order valence-electron chi connectivity index (χ2n) is 9.18. The zero-order valence-corrected chi connectivity index (χ0v) is 18.3. The van der Waals surface area contributed by atoms with Crippen molar-refractivity contribution in [3.05, 3.63) is 71.7 Å². The molecule has 0 spiro atoms. The zero-order chi connectivity index (χ0) is 22.2. The van der Waals surface area contributed by atoms with Gasteiger partial charge in [-0.3, -0.25) is 9.59 Å². The number of ketones is 1. The number of Topliss-reactive ketones (excluding diaryl/α,β-unsaturated/α-hetero) is 1. The fourth-order valence-electron chi connectivity index (χ4n) is 4.77. The van der Waals surface area contributed by atoms with Crippen molar-refractivity contribution >= 4 is 23.1 Å². The minimum absolute atomic E-state index is 0.0179. The number of allylic oxidation sites excluding steroid dienone is 1. The van der Waals surface area contributed by atoms with Crippen LogP contribution in [0.3, 0.4) is 0 Å². The molecule has 1 N–H and O–H groups in total. The lowest BCUT2D eigenvalue weighted by Gasteiger charge is -2.39. The van der Waals surface area contributed by atoms with Gasteiger partial charge in [0.2, 0.25) is 5.91 Å². The van der Waals surface area contributed by atoms with Gasteiger partial charge in [-0.15, -0.1) is 0 Å². The number of anilines is 2. The summed E-state index contributed by atoms with van der Waals surface area (Å²) in [6, 6.07) is 13.3. The van der Waals surface area contributed by atoms with Gasteiger partial charge in [0, 0.05) is 24.1 Å². The van der Waals surface area contributed by atoms with Gasteiger partial charge in [0.05, 0.1) is 23.3 Å². The highest BCUT2D eigenvalue weighted by Gasteiger charge is 2.46. The summed E-state index contributed by atoms with van der Waals surface area (Å²) < 4.78 is 15.1. The monoisotopic (exact) mass is 420 g/mol. The summed E-state index contributed by atoms with van der Waals surface area (Å²) in [7, 11) is 0. The van der Waals surface area contributed by atoms with E-state index in [0.29, 0.717) is 24.1 Å². The van der Waals surface area contributed by atoms with Crippen LogP contribution in [0.1, 0.15) is 58.1 Å². The van der Waals surface area contributed by atoms with Gasteiger partial charge in [-0.1, -0.05) is 63.6 Å². The number of fused-ring (bicyclic) bond motifs is 2. The number of rotatable bonds is 4. The van der Waals surface area contributed by atoms with Gasteiger partial charge in [-0.25, -0.2) is 4.39 Å². The standard InChI is InChI=1S/C26H29FN2O2/c1-4-5-14-23(31)29-21-13-9-8-12-19(21)28-20-15-26(2,3)16-22(30)24(20)25(29)17-10-6-7-11-18(17)27/h6-13,15,24-25,28H,4-5,14,16H2,1-3H3/t24-,25+/m0/s1. The van der Waals surface area contributed by atoms with Gasteiger partial charge in [-0.2, -0.15) is 0 Å². The highest BCUT2D eigenvalue weighted by atomic mass is 19.1. The second kappa shape index (κ2) is 8.29. The number of nitrogens with zero attached hydrogens (tertiary/aromatic N) is 1. The lowest BCUT2D eigenvalue weighted by molar-refractivity contribution is -0.125. The third kappa shape index (κ3) is 4.01. The normalized spacial score (nSPS) is 22.0. The number of amides is 1. The van der Waals surface area contributed by atoms with E-state index in [2.05, 4.69) is 11.4 Å². The number of hydrogen-bond acceptors (Lipinski definition) is 3. The lowest BCUT2D eigenvalue weighted by atomic mass is 9.72. The first kappa shape index (κ1) is 21.3. The molecule has 2 aromatic carbocycles. The first-order valence-corrected chi connectivity index (χ1v) is 11.0. The molecule has 0 fully saturated rings. The molecule has 0 aromatic heterocycles. The summed E-state index contributed by atoms with van der Waals surface area (Å²) in [5, 5.41) is 3.43. The van der Waals surface area contributed by atoms with Gasteiger partial charge >= 0.3 is 0 Å². The van der Waals surface area contributed by atoms with Gasteiger partial charge < -0.3 is 10.2 Å². The highest BCUT2D eigenvalue weighted by molar-refractivity contribution is 6.01. The Morgan fingerprint density at radius 1 is 1.16 bits per heavy atom. The van der Waals surface area contributed by atoms with Crippen LogP contribution < -0.4 is 10.2 Å². The number of halogens is 1. The predicted molar refractivity (Wildman–Crippen MR) is 121 cm³/mol. The zero-order valence-electron chi connectivity index (χ0n) is 18.3. The van der Waals surface area contributed by atoms with E-state index in [4.69, 9.17) is 0 Å². The Hall–Kier alpha value is -2.95. The Labute approximate surface area is 183 Å². The average molecular weight is 421 g/mol. The number of nitrogens with one attached hydrogen (secondary N) is 1. The Morgan fingerprint density at radius 2 is 1.87 bits per heavy atom. The summed E-state index contributed by atoms with van der Waals surface area (Å²) in [6.45, 7) is 6.08. The maximum absolute atomic E-state index is 15.1. The molecule has 1 aliphatic carbocycles. The van der Waals surface area contributed by atoms with E-state index < -0.39 is 17.8 Å². The van der Waals surface area contributed by atoms with E-state index in [1.165, 1.54) is 6.07 Å². The van der Waals surface area contributed by atoms with Crippen LogP contribution in [0.4, 0.5) is 15.8 Å². The third-order valence-electron chi connectivity index (χ3n) is 6.13. The fourth-order valence-corrected chi connectivity index (χ4v) is 4.77. The number of carbonyl (C=O) groups excluding carboxylic acids is 2. The Morgan fingerprint density at radius 3 is 2.61 bits per heavy atom. The van der Waals surface area contributed by atoms with Crippen LogP contribution in [0.25, 0.3) is 0 Å². The van der Waals surface area contributed by atoms with Crippen LogP contribution in [0.2, 0.25) is 0 Å². The summed E-state index contributed by atoms with van der Waals surface area (Å²) in [5.41, 5.74) is 2.24. The first-order chi connectivity index (χ1) is 14.8. The summed E-state index contributed by atoms with van der Waals surface area (Å²) in [4.78, 5) is 28.7. The third-order valence-corrected chi connectivity index (χ3v) is 6.13. The molecule has 0 saturated carbocycles. The van der Waals surface area contributed by atoms with Crippen LogP contribution >= 0.6 is 0 Å². The molecular weight excluding hydrogens is 391 g/mol. The molecule has 4 nitrogen and oxygen atoms in total. The van der Waals surface area contributed by atoms with E-state index in [1.807, 2.05) is 45.0 Å². The van der Waals surface area contributed by atoms with Crippen molar-refractivity contribution in [3.8, 4) is 0 Å². The van der Waals surface area contributed by atoms with Crippen molar-refractivity contribution in [2.24, 2.45) is 11.3 Å². The molecule has 0 unspecified atom stereocenters. The number of carbonyl (C=O) groups is 2. The van der Waals surface area contributed by atoms with Crippen LogP contribution in [0.15, 0.2) is 60.3 Å². The van der Waals surface area contributed by atoms with Crippen molar-refractivity contribution in [2.75, 3.05) is 10.2 Å². The molecule has 5 heteroatoms. The quantitative estimate of drug-likeness (QED) is 0.658. The minimum atomic E-state index is -0.739. The van der Waals surface area contributed by atoms with E-state index in [1.54, 1.807) is 23.1 Å². The number of benzene rings is 2. The summed E-state index contributed by atoms with van der Waals surface area (Å²) in [5.74, 6) is -1.13. The van der Waals surface area contributed by atoms with Crippen molar-refractivity contribution in [3.63, 3.8) is 0 Å². The molecule has 4 rings (SSSR count). The first-order valence-electron chi connectivity index (χ1n) is 11.0. The van der Waals surface area contributed by atoms with Crippen molar-refractivity contribution in [1.82, 2.24) is 0 Å². The van der Waals surface area contributed by atoms with Crippen molar-refractivity contribution in [2.45, 2.75) is 52.5 Å². The molecule has 0 saturated heterocycles. The lowest BCUT2D eigenvalue weighted by Crippen LogP contribution is -2.44. The van der Waals surface area contributed by atoms with E-state index in [0.717, 1.165) is 24.2 Å². The molecule has 2 aromatic rings. The molecule has 2 atom stereocenters. The predicted octanol–water partition coefficient (Wildman–Crippen LogP) is 6.01. The number of unbranched alkanes of at least 4 members (excludes halogenated alkanes) is 1. The van der Waals surface area contributed by atoms with E-state index in [-0.39, 0.29) is 17.1 Å². The topological polar surface area (TPSA) is 49.4 Å². The summed E-state index contributed by atoms with van der Waals surface area (Å²) >= 11 is 0. The van der Waals surface area contributed by atoms with E-state index in [9.17, 15) is 9.59 Å². The average Bonchev–Trinajstić information content (AvgIpc) is 2.85. The molecular formula is C26H29FN2O2. The summed E-state index contributed by atoms with van der Waals surface area (Å²) in [6.07, 6.45) is 4.39. The van der Waals surface area contributed by atoms with Gasteiger partial charge in [0.15, 0.2) is 0 Å². The largest absolute Gasteiger partial charge is 0.357 e. The Kier molecular flexibility index (Phi) is 5.69. The Bertz CT molecular complexity index is 1040. The SMILES string of the molecule is CCCCC(=O)N1c2ccccc2NC2=CC(C)(C)CC(=O)[C@H]2[C@H]1c1ccccc1F. The molecule has 31 heavy (non-hydrogen) atoms. The molecule has 1 aliphatic heterocycles. The van der Waals surface area contributed by atoms with E-state index >= 15 is 4.39 Å². The molecule has 0 radical (unpaired) electrons. The maximum Gasteiger partial charge on any atom is 0.227 e. The van der Waals surface area contributed by atoms with Crippen LogP contribution in [-0.2, 0) is 9.59 Å². The Balaban J connectivity index is 1.98. The van der Waals surface area contributed by atoms with Gasteiger partial charge in [0.25, 0.3) is 0 Å². The van der Waals surface area contributed by atoms with Crippen molar-refractivity contribution < 1.29 is 14.0 Å². The van der Waals surface area contributed by atoms with Gasteiger partial charge in [-0.05, 0) is 30.0 Å². The fraction of sp³-hybridized carbons (Fsp3) is 0.385. The van der Waals surface area contributed by atoms with Crippen LogP contribution in [0, 0.1) is 17.2 Å². The number of para-hydroxylation sites is 2. The molecule has 1 amide bonds. The smallest absolute Gasteiger partial charge is 0.227 e. The molecule has 1 heterocycles.